The minimum atomic E-state index is 0.340. The van der Waals surface area contributed by atoms with Gasteiger partial charge in [-0.15, -0.1) is 0 Å². The van der Waals surface area contributed by atoms with Crippen LogP contribution in [0.2, 0.25) is 0 Å². The van der Waals surface area contributed by atoms with Crippen LogP contribution in [0.25, 0.3) is 0 Å². The smallest absolute Gasteiger partial charge is 0.120 e. The van der Waals surface area contributed by atoms with Crippen molar-refractivity contribution in [3.8, 4) is 5.75 Å². The molecule has 14 heavy (non-hydrogen) atoms. The molecule has 1 heterocycles. The summed E-state index contributed by atoms with van der Waals surface area (Å²) in [6, 6.07) is 2.17. The van der Waals surface area contributed by atoms with Crippen LogP contribution < -0.4 is 5.32 Å². The van der Waals surface area contributed by atoms with E-state index in [-0.39, 0.29) is 0 Å². The summed E-state index contributed by atoms with van der Waals surface area (Å²) in [4.78, 5) is 0. The van der Waals surface area contributed by atoms with E-state index >= 15 is 0 Å². The quantitative estimate of drug-likeness (QED) is 0.809. The SMILES string of the molecule is Cc1cc(O)c([C@@H]2CCN2)c(C)c1Br. The summed E-state index contributed by atoms with van der Waals surface area (Å²) in [5.41, 5.74) is 3.29. The molecule has 0 bridgehead atoms. The summed E-state index contributed by atoms with van der Waals surface area (Å²) in [7, 11) is 0. The van der Waals surface area contributed by atoms with Gasteiger partial charge in [-0.3, -0.25) is 0 Å². The Balaban J connectivity index is 2.52. The van der Waals surface area contributed by atoms with Gasteiger partial charge in [-0.05, 0) is 44.0 Å². The minimum Gasteiger partial charge on any atom is -0.508 e. The van der Waals surface area contributed by atoms with Crippen LogP contribution >= 0.6 is 15.9 Å². The lowest BCUT2D eigenvalue weighted by Gasteiger charge is -2.30. The Labute approximate surface area is 92.5 Å². The third kappa shape index (κ3) is 1.44. The van der Waals surface area contributed by atoms with E-state index in [1.807, 2.05) is 19.9 Å². The lowest BCUT2D eigenvalue weighted by molar-refractivity contribution is 0.362. The second-order valence-electron chi connectivity index (χ2n) is 3.86. The van der Waals surface area contributed by atoms with Gasteiger partial charge in [-0.25, -0.2) is 0 Å². The van der Waals surface area contributed by atoms with Crippen LogP contribution in [0.1, 0.15) is 29.2 Å². The van der Waals surface area contributed by atoms with E-state index in [4.69, 9.17) is 0 Å². The average Bonchev–Trinajstić information content (AvgIpc) is 2.05. The van der Waals surface area contributed by atoms with Gasteiger partial charge >= 0.3 is 0 Å². The fourth-order valence-electron chi connectivity index (χ4n) is 1.93. The van der Waals surface area contributed by atoms with E-state index in [1.54, 1.807) is 0 Å². The highest BCUT2D eigenvalue weighted by molar-refractivity contribution is 9.10. The zero-order valence-electron chi connectivity index (χ0n) is 8.39. The van der Waals surface area contributed by atoms with Gasteiger partial charge in [-0.1, -0.05) is 15.9 Å². The van der Waals surface area contributed by atoms with Gasteiger partial charge < -0.3 is 10.4 Å². The summed E-state index contributed by atoms with van der Waals surface area (Å²) in [5, 5.41) is 13.2. The fourth-order valence-corrected chi connectivity index (χ4v) is 2.26. The Kier molecular flexibility index (Phi) is 2.54. The molecule has 3 heteroatoms. The van der Waals surface area contributed by atoms with Gasteiger partial charge in [-0.2, -0.15) is 0 Å². The monoisotopic (exact) mass is 255 g/mol. The van der Waals surface area contributed by atoms with E-state index in [0.29, 0.717) is 11.8 Å². The molecule has 1 aliphatic heterocycles. The number of aryl methyl sites for hydroxylation is 1. The molecular formula is C11H14BrNO. The van der Waals surface area contributed by atoms with Crippen LogP contribution in [-0.2, 0) is 0 Å². The van der Waals surface area contributed by atoms with E-state index < -0.39 is 0 Å². The number of phenols is 1. The van der Waals surface area contributed by atoms with Crippen molar-refractivity contribution in [3.05, 3.63) is 27.2 Å². The van der Waals surface area contributed by atoms with Crippen LogP contribution in [0.5, 0.6) is 5.75 Å². The first-order chi connectivity index (χ1) is 6.61. The number of rotatable bonds is 1. The van der Waals surface area contributed by atoms with Gasteiger partial charge in [0, 0.05) is 16.1 Å². The summed E-state index contributed by atoms with van der Waals surface area (Å²) >= 11 is 3.55. The highest BCUT2D eigenvalue weighted by Crippen LogP contribution is 2.38. The zero-order valence-corrected chi connectivity index (χ0v) is 9.98. The molecule has 0 amide bonds. The topological polar surface area (TPSA) is 32.3 Å². The standard InChI is InChI=1S/C11H14BrNO/c1-6-5-9(14)10(7(2)11(6)12)8-3-4-13-8/h5,8,13-14H,3-4H2,1-2H3/t8-/m0/s1. The number of benzene rings is 1. The van der Waals surface area contributed by atoms with E-state index in [1.165, 1.54) is 0 Å². The molecule has 2 N–H and O–H groups in total. The first-order valence-electron chi connectivity index (χ1n) is 4.83. The normalized spacial score (nSPS) is 20.6. The highest BCUT2D eigenvalue weighted by Gasteiger charge is 2.24. The largest absolute Gasteiger partial charge is 0.508 e. The molecule has 1 aliphatic rings. The van der Waals surface area contributed by atoms with Gasteiger partial charge in [0.2, 0.25) is 0 Å². The zero-order chi connectivity index (χ0) is 10.3. The molecule has 1 atom stereocenters. The molecule has 0 spiro atoms. The number of phenolic OH excluding ortho intramolecular Hbond substituents is 1. The Morgan fingerprint density at radius 2 is 2.14 bits per heavy atom. The third-order valence-corrected chi connectivity index (χ3v) is 4.10. The predicted molar refractivity (Wildman–Crippen MR) is 60.6 cm³/mol. The Hall–Kier alpha value is -0.540. The molecule has 1 aromatic carbocycles. The van der Waals surface area contributed by atoms with Crippen molar-refractivity contribution >= 4 is 15.9 Å². The number of hydrogen-bond acceptors (Lipinski definition) is 2. The molecule has 1 saturated heterocycles. The first-order valence-corrected chi connectivity index (χ1v) is 5.62. The van der Waals surface area contributed by atoms with Crippen LogP contribution in [-0.4, -0.2) is 11.7 Å². The van der Waals surface area contributed by atoms with E-state index in [2.05, 4.69) is 21.2 Å². The van der Waals surface area contributed by atoms with Crippen molar-refractivity contribution in [2.75, 3.05) is 6.54 Å². The van der Waals surface area contributed by atoms with Crippen molar-refractivity contribution in [2.45, 2.75) is 26.3 Å². The Morgan fingerprint density at radius 1 is 1.50 bits per heavy atom. The van der Waals surface area contributed by atoms with Crippen molar-refractivity contribution in [3.63, 3.8) is 0 Å². The van der Waals surface area contributed by atoms with Crippen molar-refractivity contribution in [2.24, 2.45) is 0 Å². The molecule has 0 aromatic heterocycles. The lowest BCUT2D eigenvalue weighted by Crippen LogP contribution is -2.35. The molecule has 0 aliphatic carbocycles. The van der Waals surface area contributed by atoms with Crippen LogP contribution in [0.4, 0.5) is 0 Å². The van der Waals surface area contributed by atoms with E-state index in [0.717, 1.165) is 34.1 Å². The number of halogens is 1. The first kappa shape index (κ1) is 9.99. The molecular weight excluding hydrogens is 242 g/mol. The molecule has 76 valence electrons. The van der Waals surface area contributed by atoms with Crippen LogP contribution in [0, 0.1) is 13.8 Å². The second-order valence-corrected chi connectivity index (χ2v) is 4.65. The lowest BCUT2D eigenvalue weighted by atomic mass is 9.92. The number of hydrogen-bond donors (Lipinski definition) is 2. The molecule has 2 rings (SSSR count). The maximum atomic E-state index is 9.87. The summed E-state index contributed by atoms with van der Waals surface area (Å²) in [6.07, 6.45) is 1.11. The highest BCUT2D eigenvalue weighted by atomic mass is 79.9. The Morgan fingerprint density at radius 3 is 2.64 bits per heavy atom. The third-order valence-electron chi connectivity index (χ3n) is 2.88. The maximum absolute atomic E-state index is 9.87. The fraction of sp³-hybridized carbons (Fsp3) is 0.455. The second kappa shape index (κ2) is 3.55. The summed E-state index contributed by atoms with van der Waals surface area (Å²) in [5.74, 6) is 0.417. The van der Waals surface area contributed by atoms with Gasteiger partial charge in [0.05, 0.1) is 0 Å². The minimum absolute atomic E-state index is 0.340. The molecule has 1 aromatic rings. The van der Waals surface area contributed by atoms with Gasteiger partial charge in [0.1, 0.15) is 5.75 Å². The van der Waals surface area contributed by atoms with Crippen molar-refractivity contribution in [1.82, 2.24) is 5.32 Å². The molecule has 0 saturated carbocycles. The summed E-state index contributed by atoms with van der Waals surface area (Å²) < 4.78 is 1.11. The molecule has 0 radical (unpaired) electrons. The van der Waals surface area contributed by atoms with Gasteiger partial charge in [0.15, 0.2) is 0 Å². The number of aromatic hydroxyl groups is 1. The molecule has 1 fully saturated rings. The maximum Gasteiger partial charge on any atom is 0.120 e. The molecule has 0 unspecified atom stereocenters. The number of nitrogens with one attached hydrogen (secondary N) is 1. The van der Waals surface area contributed by atoms with Crippen molar-refractivity contribution in [1.29, 1.82) is 0 Å². The van der Waals surface area contributed by atoms with Crippen molar-refractivity contribution < 1.29 is 5.11 Å². The van der Waals surface area contributed by atoms with Gasteiger partial charge in [0.25, 0.3) is 0 Å². The summed E-state index contributed by atoms with van der Waals surface area (Å²) in [6.45, 7) is 5.09. The predicted octanol–water partition coefficient (Wildman–Crippen LogP) is 2.81. The van der Waals surface area contributed by atoms with Crippen LogP contribution in [0.15, 0.2) is 10.5 Å². The van der Waals surface area contributed by atoms with Crippen LogP contribution in [0.3, 0.4) is 0 Å². The Bertz CT molecular complexity index is 372. The van der Waals surface area contributed by atoms with E-state index in [9.17, 15) is 5.11 Å². The molecule has 2 nitrogen and oxygen atoms in total. The average molecular weight is 256 g/mol.